The van der Waals surface area contributed by atoms with E-state index < -0.39 is 46.6 Å². The number of rotatable bonds is 5. The summed E-state index contributed by atoms with van der Waals surface area (Å²) in [5.41, 5.74) is -2.94. The van der Waals surface area contributed by atoms with Crippen molar-refractivity contribution < 1.29 is 29.0 Å². The van der Waals surface area contributed by atoms with E-state index in [-0.39, 0.29) is 30.4 Å². The van der Waals surface area contributed by atoms with Crippen LogP contribution >= 0.6 is 0 Å². The van der Waals surface area contributed by atoms with E-state index >= 15 is 0 Å². The molecule has 0 saturated carbocycles. The molecule has 2 fully saturated rings. The van der Waals surface area contributed by atoms with Gasteiger partial charge in [-0.2, -0.15) is 0 Å². The number of aliphatic hydroxyl groups excluding tert-OH is 1. The van der Waals surface area contributed by atoms with Crippen LogP contribution in [0.3, 0.4) is 0 Å². The summed E-state index contributed by atoms with van der Waals surface area (Å²) in [5.74, 6) is -2.86. The largest absolute Gasteiger partial charge is 0.461 e. The van der Waals surface area contributed by atoms with E-state index in [2.05, 4.69) is 20.8 Å². The molecule has 8 nitrogen and oxygen atoms in total. The predicted molar refractivity (Wildman–Crippen MR) is 130 cm³/mol. The van der Waals surface area contributed by atoms with Gasteiger partial charge in [0.15, 0.2) is 0 Å². The first-order valence-corrected chi connectivity index (χ1v) is 12.7. The summed E-state index contributed by atoms with van der Waals surface area (Å²) < 4.78 is 12.1. The van der Waals surface area contributed by atoms with Crippen molar-refractivity contribution in [2.24, 2.45) is 17.3 Å². The van der Waals surface area contributed by atoms with Gasteiger partial charge in [0, 0.05) is 12.1 Å². The van der Waals surface area contributed by atoms with Crippen molar-refractivity contribution in [1.29, 1.82) is 0 Å². The monoisotopic (exact) mass is 488 g/mol. The smallest absolute Gasteiger partial charge is 0.313 e. The molecular formula is C27H40N2O6. The lowest BCUT2D eigenvalue weighted by Gasteiger charge is -2.45. The number of cyclic esters (lactones) is 1. The highest BCUT2D eigenvalue weighted by molar-refractivity contribution is 5.99. The average molecular weight is 489 g/mol. The molecule has 1 spiro atoms. The summed E-state index contributed by atoms with van der Waals surface area (Å²) in [6.07, 6.45) is 8.47. The molecule has 0 aliphatic carbocycles. The second-order valence-electron chi connectivity index (χ2n) is 12.4. The summed E-state index contributed by atoms with van der Waals surface area (Å²) in [7, 11) is 0. The molecule has 8 heteroatoms. The number of fused-ring (bicyclic) bond motifs is 2. The van der Waals surface area contributed by atoms with E-state index in [4.69, 9.17) is 9.47 Å². The summed E-state index contributed by atoms with van der Waals surface area (Å²) in [4.78, 5) is 45.0. The van der Waals surface area contributed by atoms with E-state index in [0.717, 1.165) is 6.42 Å². The molecular weight excluding hydrogens is 448 g/mol. The number of carbonyl (C=O) groups excluding carboxylic acids is 3. The van der Waals surface area contributed by atoms with Crippen LogP contribution < -0.4 is 0 Å². The standard InChI is InChI=1S/C27H40N2O6/c1-8-17(15-30)29-20-22(32)28(25(5,6)16-24(2,3)4)13-9-12-27(20)18(21(29)31)19-23(33)34-14-10-11-26(19,7)35-27/h9-12,17-20,30H,8,13-16H2,1-7H3/t17-,18-,19-,20?,26+,27-/m0/s1. The number of ether oxygens (including phenoxy) is 2. The van der Waals surface area contributed by atoms with Crippen molar-refractivity contribution >= 4 is 17.8 Å². The number of nitrogens with zero attached hydrogens (tertiary/aromatic N) is 2. The van der Waals surface area contributed by atoms with Crippen LogP contribution in [0.5, 0.6) is 0 Å². The van der Waals surface area contributed by atoms with Crippen molar-refractivity contribution in [2.75, 3.05) is 19.8 Å². The van der Waals surface area contributed by atoms with Gasteiger partial charge in [-0.1, -0.05) is 45.9 Å². The van der Waals surface area contributed by atoms with Crippen molar-refractivity contribution in [1.82, 2.24) is 9.80 Å². The van der Waals surface area contributed by atoms with Gasteiger partial charge in [-0.15, -0.1) is 0 Å². The molecule has 1 N–H and O–H groups in total. The Kier molecular flexibility index (Phi) is 6.24. The summed E-state index contributed by atoms with van der Waals surface area (Å²) in [6.45, 7) is 14.4. The maximum atomic E-state index is 14.4. The second-order valence-corrected chi connectivity index (χ2v) is 12.4. The summed E-state index contributed by atoms with van der Waals surface area (Å²) in [5, 5.41) is 10.2. The van der Waals surface area contributed by atoms with Gasteiger partial charge in [-0.25, -0.2) is 0 Å². The Bertz CT molecular complexity index is 961. The Labute approximate surface area is 208 Å². The lowest BCUT2D eigenvalue weighted by atomic mass is 9.74. The lowest BCUT2D eigenvalue weighted by molar-refractivity contribution is -0.161. The molecule has 4 heterocycles. The van der Waals surface area contributed by atoms with Crippen LogP contribution in [0.4, 0.5) is 0 Å². The second kappa shape index (κ2) is 8.44. The molecule has 35 heavy (non-hydrogen) atoms. The number of aliphatic hydroxyl groups is 1. The zero-order chi connectivity index (χ0) is 26.0. The minimum absolute atomic E-state index is 0.0265. The van der Waals surface area contributed by atoms with E-state index in [0.29, 0.717) is 13.0 Å². The first-order valence-electron chi connectivity index (χ1n) is 12.7. The van der Waals surface area contributed by atoms with Gasteiger partial charge < -0.3 is 24.4 Å². The van der Waals surface area contributed by atoms with Crippen molar-refractivity contribution in [3.8, 4) is 0 Å². The van der Waals surface area contributed by atoms with Gasteiger partial charge in [0.1, 0.15) is 24.2 Å². The zero-order valence-corrected chi connectivity index (χ0v) is 22.0. The van der Waals surface area contributed by atoms with Gasteiger partial charge in [-0.3, -0.25) is 14.4 Å². The Morgan fingerprint density at radius 2 is 1.77 bits per heavy atom. The number of hydrogen-bond acceptors (Lipinski definition) is 6. The fourth-order valence-electron chi connectivity index (χ4n) is 7.04. The highest BCUT2D eigenvalue weighted by Crippen LogP contribution is 2.58. The third kappa shape index (κ3) is 3.93. The lowest BCUT2D eigenvalue weighted by Crippen LogP contribution is -2.62. The van der Waals surface area contributed by atoms with Crippen LogP contribution in [-0.4, -0.2) is 81.3 Å². The highest BCUT2D eigenvalue weighted by Gasteiger charge is 2.75. The van der Waals surface area contributed by atoms with Crippen molar-refractivity contribution in [3.63, 3.8) is 0 Å². The number of esters is 1. The van der Waals surface area contributed by atoms with Crippen LogP contribution in [0.25, 0.3) is 0 Å². The Hall–Kier alpha value is -2.19. The molecule has 4 aliphatic rings. The Balaban J connectivity index is 1.88. The van der Waals surface area contributed by atoms with Crippen molar-refractivity contribution in [2.45, 2.75) is 90.1 Å². The van der Waals surface area contributed by atoms with Gasteiger partial charge in [0.25, 0.3) is 0 Å². The van der Waals surface area contributed by atoms with Crippen LogP contribution in [0.15, 0.2) is 24.3 Å². The number of likely N-dealkylation sites (tertiary alicyclic amines) is 1. The Morgan fingerprint density at radius 3 is 2.37 bits per heavy atom. The third-order valence-electron chi connectivity index (χ3n) is 8.02. The maximum Gasteiger partial charge on any atom is 0.313 e. The minimum Gasteiger partial charge on any atom is -0.461 e. The quantitative estimate of drug-likeness (QED) is 0.472. The van der Waals surface area contributed by atoms with Crippen LogP contribution in [0.2, 0.25) is 0 Å². The molecule has 0 radical (unpaired) electrons. The first-order chi connectivity index (χ1) is 16.2. The number of carbonyl (C=O) groups is 3. The molecule has 1 unspecified atom stereocenters. The molecule has 4 rings (SSSR count). The summed E-state index contributed by atoms with van der Waals surface area (Å²) in [6, 6.07) is -1.55. The van der Waals surface area contributed by atoms with Crippen LogP contribution in [-0.2, 0) is 23.9 Å². The van der Waals surface area contributed by atoms with Crippen LogP contribution in [0.1, 0.15) is 61.3 Å². The van der Waals surface area contributed by atoms with Crippen LogP contribution in [0, 0.1) is 17.3 Å². The van der Waals surface area contributed by atoms with E-state index in [1.807, 2.05) is 37.8 Å². The summed E-state index contributed by atoms with van der Waals surface area (Å²) >= 11 is 0. The zero-order valence-electron chi connectivity index (χ0n) is 22.0. The first kappa shape index (κ1) is 25.9. The van der Waals surface area contributed by atoms with E-state index in [1.54, 1.807) is 19.1 Å². The highest BCUT2D eigenvalue weighted by atomic mass is 16.6. The molecule has 0 bridgehead atoms. The normalized spacial score (nSPS) is 35.9. The predicted octanol–water partition coefficient (Wildman–Crippen LogP) is 2.45. The topological polar surface area (TPSA) is 96.4 Å². The molecule has 0 aromatic carbocycles. The fourth-order valence-corrected chi connectivity index (χ4v) is 7.04. The molecule has 6 atom stereocenters. The van der Waals surface area contributed by atoms with Gasteiger partial charge in [0.2, 0.25) is 11.8 Å². The van der Waals surface area contributed by atoms with Crippen molar-refractivity contribution in [3.05, 3.63) is 24.3 Å². The molecule has 0 aromatic rings. The van der Waals surface area contributed by atoms with Gasteiger partial charge >= 0.3 is 5.97 Å². The third-order valence-corrected chi connectivity index (χ3v) is 8.02. The molecule has 194 valence electrons. The van der Waals surface area contributed by atoms with Gasteiger partial charge in [-0.05, 0) is 45.1 Å². The fraction of sp³-hybridized carbons (Fsp3) is 0.741. The molecule has 2 saturated heterocycles. The van der Waals surface area contributed by atoms with E-state index in [1.165, 1.54) is 4.90 Å². The Morgan fingerprint density at radius 1 is 1.09 bits per heavy atom. The number of amides is 2. The maximum absolute atomic E-state index is 14.4. The van der Waals surface area contributed by atoms with E-state index in [9.17, 15) is 19.5 Å². The average Bonchev–Trinajstić information content (AvgIpc) is 2.98. The van der Waals surface area contributed by atoms with Gasteiger partial charge in [0.05, 0.1) is 24.2 Å². The molecule has 0 aromatic heterocycles. The number of hydrogen-bond donors (Lipinski definition) is 1. The molecule has 4 aliphatic heterocycles. The SMILES string of the molecule is CC[C@@H](CO)N1C(=O)[C@@H]2[C@H]3C(=O)OCC=C[C@@]3(C)O[C@@]23C=CCN(C(C)(C)CC(C)(C)C)C(=O)C13. The molecule has 2 amide bonds. The minimum atomic E-state index is -1.33.